The van der Waals surface area contributed by atoms with Gasteiger partial charge in [0.25, 0.3) is 0 Å². The van der Waals surface area contributed by atoms with Crippen LogP contribution in [0.2, 0.25) is 0 Å². The highest BCUT2D eigenvalue weighted by Crippen LogP contribution is 2.41. The van der Waals surface area contributed by atoms with Gasteiger partial charge in [-0.05, 0) is 18.1 Å². The van der Waals surface area contributed by atoms with Crippen LogP contribution in [0, 0.1) is 5.92 Å². The van der Waals surface area contributed by atoms with Crippen molar-refractivity contribution in [2.45, 2.75) is 26.2 Å². The Morgan fingerprint density at radius 1 is 1.53 bits per heavy atom. The van der Waals surface area contributed by atoms with Crippen molar-refractivity contribution in [1.29, 1.82) is 0 Å². The molecule has 2 rings (SSSR count). The van der Waals surface area contributed by atoms with E-state index in [1.54, 1.807) is 0 Å². The monoisotopic (exact) mass is 295 g/mol. The van der Waals surface area contributed by atoms with Crippen molar-refractivity contribution < 1.29 is 4.74 Å². The van der Waals surface area contributed by atoms with E-state index in [-0.39, 0.29) is 0 Å². The third-order valence-electron chi connectivity index (χ3n) is 3.39. The van der Waals surface area contributed by atoms with Crippen molar-refractivity contribution in [3.63, 3.8) is 0 Å². The maximum atomic E-state index is 6.03. The normalized spacial score (nSPS) is 20.3. The van der Waals surface area contributed by atoms with Gasteiger partial charge in [-0.15, -0.1) is 0 Å². The number of ether oxygens (including phenoxy) is 1. The number of nitrogens with two attached hydrogens (primary N) is 1. The maximum absolute atomic E-state index is 6.03. The predicted octanol–water partition coefficient (Wildman–Crippen LogP) is 4.11. The first-order chi connectivity index (χ1) is 8.13. The molecule has 0 spiro atoms. The van der Waals surface area contributed by atoms with Crippen LogP contribution in [0.1, 0.15) is 31.7 Å². The Morgan fingerprint density at radius 2 is 2.29 bits per heavy atom. The van der Waals surface area contributed by atoms with Gasteiger partial charge in [0, 0.05) is 16.0 Å². The molecule has 2 unspecified atom stereocenters. The second-order valence-electron chi connectivity index (χ2n) is 4.56. The molecule has 0 bridgehead atoms. The molecule has 2 atom stereocenters. The van der Waals surface area contributed by atoms with E-state index in [2.05, 4.69) is 48.0 Å². The first-order valence-corrected chi connectivity index (χ1v) is 6.81. The van der Waals surface area contributed by atoms with Crippen LogP contribution in [0.3, 0.4) is 0 Å². The zero-order chi connectivity index (χ0) is 12.4. The lowest BCUT2D eigenvalue weighted by molar-refractivity contribution is 0.362. The first kappa shape index (κ1) is 12.5. The third-order valence-corrected chi connectivity index (χ3v) is 3.85. The van der Waals surface area contributed by atoms with E-state index < -0.39 is 0 Å². The minimum Gasteiger partial charge on any atom is -0.487 e. The molecule has 1 aliphatic rings. The fraction of sp³-hybridized carbons (Fsp3) is 0.429. The van der Waals surface area contributed by atoms with Gasteiger partial charge in [0.1, 0.15) is 12.4 Å². The Labute approximate surface area is 111 Å². The highest BCUT2D eigenvalue weighted by molar-refractivity contribution is 9.10. The van der Waals surface area contributed by atoms with E-state index in [4.69, 9.17) is 10.5 Å². The van der Waals surface area contributed by atoms with Crippen molar-refractivity contribution in [3.8, 4) is 5.75 Å². The van der Waals surface area contributed by atoms with Gasteiger partial charge in [0.2, 0.25) is 0 Å². The summed E-state index contributed by atoms with van der Waals surface area (Å²) in [5.74, 6) is 1.82. The summed E-state index contributed by atoms with van der Waals surface area (Å²) in [6, 6.07) is 4.02. The number of allylic oxidation sites excluding steroid dienone is 1. The van der Waals surface area contributed by atoms with Crippen LogP contribution in [0.25, 0.3) is 0 Å². The number of benzene rings is 1. The number of anilines is 1. The molecule has 1 heterocycles. The second-order valence-corrected chi connectivity index (χ2v) is 5.48. The summed E-state index contributed by atoms with van der Waals surface area (Å²) in [6.07, 6.45) is 5.47. The summed E-state index contributed by atoms with van der Waals surface area (Å²) < 4.78 is 6.74. The number of rotatable bonds is 2. The van der Waals surface area contributed by atoms with Crippen molar-refractivity contribution in [1.82, 2.24) is 0 Å². The van der Waals surface area contributed by atoms with E-state index in [0.29, 0.717) is 24.1 Å². The van der Waals surface area contributed by atoms with E-state index in [0.717, 1.165) is 16.6 Å². The quantitative estimate of drug-likeness (QED) is 0.658. The molecule has 0 radical (unpaired) electrons. The summed E-state index contributed by atoms with van der Waals surface area (Å²) in [4.78, 5) is 0. The van der Waals surface area contributed by atoms with Crippen LogP contribution < -0.4 is 10.5 Å². The molecule has 2 nitrogen and oxygen atoms in total. The summed E-state index contributed by atoms with van der Waals surface area (Å²) >= 11 is 3.51. The molecule has 1 aromatic rings. The minimum absolute atomic E-state index is 0.386. The molecular formula is C14H18BrNO. The molecular weight excluding hydrogens is 278 g/mol. The van der Waals surface area contributed by atoms with E-state index in [1.165, 1.54) is 5.56 Å². The third kappa shape index (κ3) is 2.49. The van der Waals surface area contributed by atoms with Gasteiger partial charge >= 0.3 is 0 Å². The highest BCUT2D eigenvalue weighted by atomic mass is 79.9. The van der Waals surface area contributed by atoms with Gasteiger partial charge in [-0.25, -0.2) is 0 Å². The minimum atomic E-state index is 0.386. The molecule has 0 saturated heterocycles. The van der Waals surface area contributed by atoms with Gasteiger partial charge < -0.3 is 10.5 Å². The first-order valence-electron chi connectivity index (χ1n) is 6.01. The number of nitrogen functional groups attached to an aromatic ring is 1. The Kier molecular flexibility index (Phi) is 3.77. The number of halogens is 1. The van der Waals surface area contributed by atoms with Gasteiger partial charge in [-0.2, -0.15) is 0 Å². The van der Waals surface area contributed by atoms with Crippen LogP contribution in [0.4, 0.5) is 5.69 Å². The molecule has 0 amide bonds. The SMILES string of the molecule is CCC(C)C1C=CCOc2c(N)cc(Br)cc21. The van der Waals surface area contributed by atoms with Crippen LogP contribution >= 0.6 is 15.9 Å². The number of hydrogen-bond donors (Lipinski definition) is 1. The van der Waals surface area contributed by atoms with Crippen LogP contribution in [0.5, 0.6) is 5.75 Å². The lowest BCUT2D eigenvalue weighted by Gasteiger charge is -2.22. The zero-order valence-electron chi connectivity index (χ0n) is 10.2. The summed E-state index contributed by atoms with van der Waals surface area (Å²) in [5.41, 5.74) is 7.94. The average molecular weight is 296 g/mol. The lowest BCUT2D eigenvalue weighted by Crippen LogP contribution is -2.08. The number of hydrogen-bond acceptors (Lipinski definition) is 2. The second kappa shape index (κ2) is 5.13. The Balaban J connectivity index is 2.52. The van der Waals surface area contributed by atoms with Crippen LogP contribution in [-0.2, 0) is 0 Å². The van der Waals surface area contributed by atoms with Crippen molar-refractivity contribution in [3.05, 3.63) is 34.3 Å². The summed E-state index contributed by atoms with van der Waals surface area (Å²) in [7, 11) is 0. The van der Waals surface area contributed by atoms with Gasteiger partial charge in [-0.3, -0.25) is 0 Å². The Bertz CT molecular complexity index is 442. The van der Waals surface area contributed by atoms with Crippen molar-refractivity contribution >= 4 is 21.6 Å². The molecule has 0 saturated carbocycles. The molecule has 3 heteroatoms. The molecule has 1 aromatic carbocycles. The zero-order valence-corrected chi connectivity index (χ0v) is 11.8. The molecule has 0 aromatic heterocycles. The van der Waals surface area contributed by atoms with Gasteiger partial charge in [0.15, 0.2) is 0 Å². The molecule has 0 aliphatic carbocycles. The fourth-order valence-electron chi connectivity index (χ4n) is 2.24. The van der Waals surface area contributed by atoms with Crippen molar-refractivity contribution in [2.75, 3.05) is 12.3 Å². The highest BCUT2D eigenvalue weighted by Gasteiger charge is 2.23. The number of fused-ring (bicyclic) bond motifs is 1. The summed E-state index contributed by atoms with van der Waals surface area (Å²) in [6.45, 7) is 5.08. The van der Waals surface area contributed by atoms with Gasteiger partial charge in [-0.1, -0.05) is 48.4 Å². The van der Waals surface area contributed by atoms with Crippen LogP contribution in [0.15, 0.2) is 28.8 Å². The largest absolute Gasteiger partial charge is 0.487 e. The van der Waals surface area contributed by atoms with E-state index in [1.807, 2.05) is 6.07 Å². The molecule has 0 fully saturated rings. The van der Waals surface area contributed by atoms with Gasteiger partial charge in [0.05, 0.1) is 5.69 Å². The van der Waals surface area contributed by atoms with E-state index in [9.17, 15) is 0 Å². The Morgan fingerprint density at radius 3 is 3.00 bits per heavy atom. The fourth-order valence-corrected chi connectivity index (χ4v) is 2.73. The van der Waals surface area contributed by atoms with Crippen LogP contribution in [-0.4, -0.2) is 6.61 Å². The standard InChI is InChI=1S/C14H18BrNO/c1-3-9(2)11-5-4-6-17-14-12(11)7-10(15)8-13(14)16/h4-5,7-9,11H,3,6,16H2,1-2H3. The van der Waals surface area contributed by atoms with E-state index >= 15 is 0 Å². The average Bonchev–Trinajstić information content (AvgIpc) is 2.50. The maximum Gasteiger partial charge on any atom is 0.146 e. The molecule has 92 valence electrons. The molecule has 2 N–H and O–H groups in total. The molecule has 1 aliphatic heterocycles. The molecule has 17 heavy (non-hydrogen) atoms. The summed E-state index contributed by atoms with van der Waals surface area (Å²) in [5, 5.41) is 0. The smallest absolute Gasteiger partial charge is 0.146 e. The Hall–Kier alpha value is -0.960. The lowest BCUT2D eigenvalue weighted by atomic mass is 9.85. The predicted molar refractivity (Wildman–Crippen MR) is 75.4 cm³/mol. The topological polar surface area (TPSA) is 35.2 Å². The van der Waals surface area contributed by atoms with Crippen molar-refractivity contribution in [2.24, 2.45) is 5.92 Å².